The highest BCUT2D eigenvalue weighted by molar-refractivity contribution is 5.96. The molecule has 1 amide bonds. The number of anilines is 2. The number of aromatic nitrogens is 1. The lowest BCUT2D eigenvalue weighted by Crippen LogP contribution is -2.50. The standard InChI is InChI=1S/C27H33F3N6O/c1-15(2)35-7-6-24(23(29)14-35)33-19-9-20(26(30)31-12-19)17-11-32-36(13-17)25-10-21(22(28)8-16(25)3)27(37)34-18-4-5-18/h8-10,12-13,15,18,23-24,32-33H,4-7,11,14H2,1-3H3,(H,34,37)/t23?,24-/m0/s1. The number of halogens is 3. The van der Waals surface area contributed by atoms with Gasteiger partial charge in [-0.25, -0.2) is 19.2 Å². The van der Waals surface area contributed by atoms with Crippen molar-refractivity contribution < 1.29 is 18.0 Å². The van der Waals surface area contributed by atoms with Crippen LogP contribution in [0.4, 0.5) is 24.5 Å². The van der Waals surface area contributed by atoms with Crippen LogP contribution < -0.4 is 21.1 Å². The lowest BCUT2D eigenvalue weighted by atomic mass is 10.0. The minimum absolute atomic E-state index is 0.0283. The van der Waals surface area contributed by atoms with Crippen molar-refractivity contribution in [1.29, 1.82) is 0 Å². The number of hydrogen-bond acceptors (Lipinski definition) is 6. The fraction of sp³-hybridized carbons (Fsp3) is 0.481. The van der Waals surface area contributed by atoms with Crippen LogP contribution in [-0.2, 0) is 0 Å². The number of piperidine rings is 1. The summed E-state index contributed by atoms with van der Waals surface area (Å²) in [5.41, 5.74) is 5.83. The second kappa shape index (κ2) is 10.3. The van der Waals surface area contributed by atoms with Crippen LogP contribution in [0.2, 0.25) is 0 Å². The predicted octanol–water partition coefficient (Wildman–Crippen LogP) is 4.16. The summed E-state index contributed by atoms with van der Waals surface area (Å²) in [6, 6.07) is 4.51. The van der Waals surface area contributed by atoms with E-state index in [9.17, 15) is 18.0 Å². The van der Waals surface area contributed by atoms with Crippen LogP contribution in [0.25, 0.3) is 5.57 Å². The SMILES string of the molecule is Cc1cc(F)c(C(=O)NC2CC2)cc1N1C=C(c2cc(N[C@H]3CCN(C(C)C)CC3F)cnc2F)CN1. The summed E-state index contributed by atoms with van der Waals surface area (Å²) < 4.78 is 44.1. The topological polar surface area (TPSA) is 72.5 Å². The number of aryl methyl sites for hydroxylation is 1. The lowest BCUT2D eigenvalue weighted by molar-refractivity contribution is 0.0947. The van der Waals surface area contributed by atoms with E-state index in [0.29, 0.717) is 47.6 Å². The zero-order chi connectivity index (χ0) is 26.3. The highest BCUT2D eigenvalue weighted by atomic mass is 19.1. The molecule has 5 rings (SSSR count). The van der Waals surface area contributed by atoms with E-state index < -0.39 is 23.8 Å². The average molecular weight is 515 g/mol. The summed E-state index contributed by atoms with van der Waals surface area (Å²) >= 11 is 0. The maximum atomic E-state index is 14.8. The number of pyridine rings is 1. The summed E-state index contributed by atoms with van der Waals surface area (Å²) in [4.78, 5) is 18.5. The predicted molar refractivity (Wildman–Crippen MR) is 138 cm³/mol. The Kier molecular flexibility index (Phi) is 7.13. The van der Waals surface area contributed by atoms with Gasteiger partial charge in [-0.15, -0.1) is 0 Å². The number of nitrogens with zero attached hydrogens (tertiary/aromatic N) is 3. The van der Waals surface area contributed by atoms with E-state index in [1.54, 1.807) is 24.2 Å². The van der Waals surface area contributed by atoms with Crippen LogP contribution in [0.5, 0.6) is 0 Å². The molecular weight excluding hydrogens is 481 g/mol. The normalized spacial score (nSPS) is 22.4. The molecule has 198 valence electrons. The second-order valence-corrected chi connectivity index (χ2v) is 10.4. The van der Waals surface area contributed by atoms with Gasteiger partial charge in [0, 0.05) is 43.5 Å². The number of rotatable bonds is 7. The van der Waals surface area contributed by atoms with E-state index in [1.165, 1.54) is 18.3 Å². The Morgan fingerprint density at radius 2 is 1.97 bits per heavy atom. The van der Waals surface area contributed by atoms with Gasteiger partial charge >= 0.3 is 0 Å². The lowest BCUT2D eigenvalue weighted by Gasteiger charge is -2.37. The van der Waals surface area contributed by atoms with Crippen molar-refractivity contribution in [1.82, 2.24) is 20.6 Å². The summed E-state index contributed by atoms with van der Waals surface area (Å²) in [5.74, 6) is -1.65. The minimum Gasteiger partial charge on any atom is -0.378 e. The van der Waals surface area contributed by atoms with Crippen molar-refractivity contribution in [2.45, 2.75) is 64.3 Å². The molecule has 3 aliphatic rings. The van der Waals surface area contributed by atoms with Gasteiger partial charge in [0.25, 0.3) is 5.91 Å². The number of carbonyl (C=O) groups excluding carboxylic acids is 1. The van der Waals surface area contributed by atoms with Crippen molar-refractivity contribution in [3.63, 3.8) is 0 Å². The first-order chi connectivity index (χ1) is 17.7. The van der Waals surface area contributed by atoms with Gasteiger partial charge in [0.05, 0.1) is 29.2 Å². The summed E-state index contributed by atoms with van der Waals surface area (Å²) in [6.45, 7) is 7.32. The number of benzene rings is 1. The van der Waals surface area contributed by atoms with Crippen molar-refractivity contribution in [3.05, 3.63) is 59.1 Å². The first-order valence-corrected chi connectivity index (χ1v) is 12.8. The number of hydrazine groups is 1. The Hall–Kier alpha value is -3.11. The molecule has 1 aromatic carbocycles. The van der Waals surface area contributed by atoms with E-state index in [1.807, 2.05) is 0 Å². The number of alkyl halides is 1. The van der Waals surface area contributed by atoms with Gasteiger partial charge in [0.1, 0.15) is 12.0 Å². The van der Waals surface area contributed by atoms with Crippen molar-refractivity contribution >= 4 is 22.9 Å². The molecule has 0 radical (unpaired) electrons. The molecule has 2 fully saturated rings. The minimum atomic E-state index is -1.04. The Morgan fingerprint density at radius 1 is 1.19 bits per heavy atom. The molecule has 7 nitrogen and oxygen atoms in total. The zero-order valence-electron chi connectivity index (χ0n) is 21.3. The van der Waals surface area contributed by atoms with Gasteiger partial charge in [0.15, 0.2) is 0 Å². The van der Waals surface area contributed by atoms with Crippen molar-refractivity contribution in [2.24, 2.45) is 0 Å². The Morgan fingerprint density at radius 3 is 2.68 bits per heavy atom. The highest BCUT2D eigenvalue weighted by Crippen LogP contribution is 2.31. The van der Waals surface area contributed by atoms with Gasteiger partial charge in [-0.2, -0.15) is 4.39 Å². The molecule has 1 aliphatic carbocycles. The molecule has 0 spiro atoms. The fourth-order valence-corrected chi connectivity index (χ4v) is 4.85. The van der Waals surface area contributed by atoms with Gasteiger partial charge in [-0.1, -0.05) is 0 Å². The smallest absolute Gasteiger partial charge is 0.254 e. The number of likely N-dealkylation sites (tertiary alicyclic amines) is 1. The van der Waals surface area contributed by atoms with Gasteiger partial charge in [0.2, 0.25) is 5.95 Å². The maximum Gasteiger partial charge on any atom is 0.254 e. The fourth-order valence-electron chi connectivity index (χ4n) is 4.85. The van der Waals surface area contributed by atoms with Crippen LogP contribution in [0.15, 0.2) is 30.6 Å². The molecular formula is C27H33F3N6O. The van der Waals surface area contributed by atoms with E-state index in [4.69, 9.17) is 0 Å². The highest BCUT2D eigenvalue weighted by Gasteiger charge is 2.31. The van der Waals surface area contributed by atoms with E-state index in [2.05, 4.69) is 39.8 Å². The number of hydrogen-bond donors (Lipinski definition) is 3. The molecule has 3 N–H and O–H groups in total. The van der Waals surface area contributed by atoms with Crippen LogP contribution in [-0.4, -0.2) is 59.7 Å². The summed E-state index contributed by atoms with van der Waals surface area (Å²) in [6.07, 6.45) is 4.51. The third-order valence-electron chi connectivity index (χ3n) is 7.27. The van der Waals surface area contributed by atoms with E-state index >= 15 is 0 Å². The first kappa shape index (κ1) is 25.5. The van der Waals surface area contributed by atoms with Gasteiger partial charge < -0.3 is 10.6 Å². The molecule has 0 bridgehead atoms. The molecule has 1 aromatic heterocycles. The largest absolute Gasteiger partial charge is 0.378 e. The maximum absolute atomic E-state index is 14.8. The van der Waals surface area contributed by atoms with Gasteiger partial charge in [-0.3, -0.25) is 14.7 Å². The van der Waals surface area contributed by atoms with Crippen LogP contribution in [0.3, 0.4) is 0 Å². The van der Waals surface area contributed by atoms with Crippen molar-refractivity contribution in [3.8, 4) is 0 Å². The van der Waals surface area contributed by atoms with E-state index in [0.717, 1.165) is 19.4 Å². The van der Waals surface area contributed by atoms with Crippen LogP contribution >= 0.6 is 0 Å². The average Bonchev–Trinajstić information content (AvgIpc) is 3.53. The number of nitrogens with one attached hydrogen (secondary N) is 3. The zero-order valence-corrected chi connectivity index (χ0v) is 21.3. The van der Waals surface area contributed by atoms with Gasteiger partial charge in [-0.05, 0) is 69.4 Å². The third-order valence-corrected chi connectivity index (χ3v) is 7.27. The Bertz CT molecular complexity index is 1210. The summed E-state index contributed by atoms with van der Waals surface area (Å²) in [5, 5.41) is 7.68. The van der Waals surface area contributed by atoms with Crippen LogP contribution in [0.1, 0.15) is 54.6 Å². The quantitative estimate of drug-likeness (QED) is 0.482. The molecule has 3 heterocycles. The first-order valence-electron chi connectivity index (χ1n) is 12.8. The number of amides is 1. The number of carbonyl (C=O) groups is 1. The Labute approximate surface area is 215 Å². The monoisotopic (exact) mass is 514 g/mol. The molecule has 1 unspecified atom stereocenters. The summed E-state index contributed by atoms with van der Waals surface area (Å²) in [7, 11) is 0. The van der Waals surface area contributed by atoms with E-state index in [-0.39, 0.29) is 23.7 Å². The molecule has 2 atom stereocenters. The second-order valence-electron chi connectivity index (χ2n) is 10.4. The molecule has 37 heavy (non-hydrogen) atoms. The van der Waals surface area contributed by atoms with Crippen molar-refractivity contribution in [2.75, 3.05) is 30.0 Å². The molecule has 10 heteroatoms. The third kappa shape index (κ3) is 5.60. The van der Waals surface area contributed by atoms with Crippen LogP contribution in [0, 0.1) is 18.7 Å². The molecule has 2 aromatic rings. The molecule has 2 aliphatic heterocycles. The molecule has 1 saturated heterocycles. The molecule has 1 saturated carbocycles. The Balaban J connectivity index is 1.34.